The fraction of sp³-hybridized carbons (Fsp3) is 0.750. The Morgan fingerprint density at radius 1 is 1.60 bits per heavy atom. The third kappa shape index (κ3) is 1.41. The van der Waals surface area contributed by atoms with Gasteiger partial charge in [-0.25, -0.2) is 4.98 Å². The van der Waals surface area contributed by atoms with Crippen LogP contribution in [0.25, 0.3) is 0 Å². The van der Waals surface area contributed by atoms with Crippen LogP contribution in [0.15, 0.2) is 12.5 Å². The fourth-order valence-corrected chi connectivity index (χ4v) is 2.76. The SMILES string of the molecule is CC1CC1n1cncc1C1(C)CCNC1. The molecule has 1 aromatic rings. The number of rotatable bonds is 2. The standard InChI is InChI=1S/C12H19N3/c1-9-5-10(9)15-8-14-6-11(15)12(2)3-4-13-7-12/h6,8-10,13H,3-5,7H2,1-2H3. The summed E-state index contributed by atoms with van der Waals surface area (Å²) < 4.78 is 2.41. The minimum atomic E-state index is 0.304. The molecule has 1 saturated heterocycles. The summed E-state index contributed by atoms with van der Waals surface area (Å²) in [7, 11) is 0. The zero-order valence-electron chi connectivity index (χ0n) is 9.53. The molecule has 0 aromatic carbocycles. The number of hydrogen-bond acceptors (Lipinski definition) is 2. The summed E-state index contributed by atoms with van der Waals surface area (Å²) in [4.78, 5) is 4.34. The predicted molar refractivity (Wildman–Crippen MR) is 59.9 cm³/mol. The molecule has 2 fully saturated rings. The van der Waals surface area contributed by atoms with Crippen molar-refractivity contribution in [1.82, 2.24) is 14.9 Å². The molecule has 1 saturated carbocycles. The van der Waals surface area contributed by atoms with E-state index >= 15 is 0 Å². The van der Waals surface area contributed by atoms with Gasteiger partial charge in [0.1, 0.15) is 0 Å². The van der Waals surface area contributed by atoms with E-state index in [-0.39, 0.29) is 0 Å². The van der Waals surface area contributed by atoms with Crippen LogP contribution >= 0.6 is 0 Å². The average Bonchev–Trinajstić information content (AvgIpc) is 2.72. The maximum absolute atomic E-state index is 4.34. The van der Waals surface area contributed by atoms with Gasteiger partial charge < -0.3 is 9.88 Å². The number of imidazole rings is 1. The van der Waals surface area contributed by atoms with Gasteiger partial charge in [-0.2, -0.15) is 0 Å². The van der Waals surface area contributed by atoms with Gasteiger partial charge in [0.05, 0.1) is 6.33 Å². The Hall–Kier alpha value is -0.830. The summed E-state index contributed by atoms with van der Waals surface area (Å²) in [5.41, 5.74) is 1.74. The second-order valence-electron chi connectivity index (χ2n) is 5.45. The lowest BCUT2D eigenvalue weighted by atomic mass is 9.86. The van der Waals surface area contributed by atoms with Crippen LogP contribution in [-0.2, 0) is 5.41 Å². The second kappa shape index (κ2) is 3.08. The normalized spacial score (nSPS) is 39.6. The molecule has 2 aliphatic rings. The van der Waals surface area contributed by atoms with Crippen LogP contribution < -0.4 is 5.32 Å². The third-order valence-electron chi connectivity index (χ3n) is 4.08. The van der Waals surface area contributed by atoms with E-state index in [9.17, 15) is 0 Å². The number of aromatic nitrogens is 2. The van der Waals surface area contributed by atoms with Crippen molar-refractivity contribution >= 4 is 0 Å². The number of nitrogens with one attached hydrogen (secondary N) is 1. The van der Waals surface area contributed by atoms with E-state index in [4.69, 9.17) is 0 Å². The molecule has 3 unspecified atom stereocenters. The molecule has 82 valence electrons. The van der Waals surface area contributed by atoms with E-state index in [1.165, 1.54) is 18.5 Å². The summed E-state index contributed by atoms with van der Waals surface area (Å²) in [6, 6.07) is 0.722. The molecule has 1 N–H and O–H groups in total. The highest BCUT2D eigenvalue weighted by atomic mass is 15.1. The molecule has 0 amide bonds. The third-order valence-corrected chi connectivity index (χ3v) is 4.08. The van der Waals surface area contributed by atoms with Crippen molar-refractivity contribution in [1.29, 1.82) is 0 Å². The summed E-state index contributed by atoms with van der Waals surface area (Å²) >= 11 is 0. The molecule has 0 bridgehead atoms. The van der Waals surface area contributed by atoms with Crippen LogP contribution in [0.3, 0.4) is 0 Å². The number of nitrogens with zero attached hydrogens (tertiary/aromatic N) is 2. The lowest BCUT2D eigenvalue weighted by molar-refractivity contribution is 0.469. The van der Waals surface area contributed by atoms with Crippen molar-refractivity contribution < 1.29 is 0 Å². The van der Waals surface area contributed by atoms with E-state index < -0.39 is 0 Å². The first kappa shape index (κ1) is 9.40. The van der Waals surface area contributed by atoms with Crippen LogP contribution in [0.2, 0.25) is 0 Å². The predicted octanol–water partition coefficient (Wildman–Crippen LogP) is 1.71. The van der Waals surface area contributed by atoms with E-state index in [1.807, 2.05) is 6.33 Å². The van der Waals surface area contributed by atoms with Gasteiger partial charge in [0.15, 0.2) is 0 Å². The molecular formula is C12H19N3. The lowest BCUT2D eigenvalue weighted by Gasteiger charge is -2.24. The van der Waals surface area contributed by atoms with Gasteiger partial charge in [0, 0.05) is 29.9 Å². The van der Waals surface area contributed by atoms with Crippen LogP contribution in [0.1, 0.15) is 38.4 Å². The Labute approximate surface area is 90.9 Å². The van der Waals surface area contributed by atoms with E-state index in [0.717, 1.165) is 25.0 Å². The first-order valence-electron chi connectivity index (χ1n) is 5.94. The van der Waals surface area contributed by atoms with Crippen LogP contribution in [0.5, 0.6) is 0 Å². The molecule has 0 spiro atoms. The van der Waals surface area contributed by atoms with Crippen molar-refractivity contribution in [2.45, 2.75) is 38.1 Å². The van der Waals surface area contributed by atoms with Gasteiger partial charge >= 0.3 is 0 Å². The average molecular weight is 205 g/mol. The molecule has 3 rings (SSSR count). The van der Waals surface area contributed by atoms with E-state index in [1.54, 1.807) is 0 Å². The molecule has 3 heteroatoms. The highest BCUT2D eigenvalue weighted by Gasteiger charge is 2.40. The Bertz CT molecular complexity index is 363. The topological polar surface area (TPSA) is 29.9 Å². The molecule has 3 atom stereocenters. The summed E-state index contributed by atoms with van der Waals surface area (Å²) in [6.45, 7) is 6.92. The molecule has 3 nitrogen and oxygen atoms in total. The van der Waals surface area contributed by atoms with Crippen molar-refractivity contribution in [3.05, 3.63) is 18.2 Å². The fourth-order valence-electron chi connectivity index (χ4n) is 2.76. The van der Waals surface area contributed by atoms with Gasteiger partial charge in [-0.05, 0) is 25.3 Å². The molecule has 1 aliphatic carbocycles. The monoisotopic (exact) mass is 205 g/mol. The first-order chi connectivity index (χ1) is 7.21. The second-order valence-corrected chi connectivity index (χ2v) is 5.45. The zero-order valence-corrected chi connectivity index (χ0v) is 9.53. The molecule has 2 heterocycles. The maximum atomic E-state index is 4.34. The maximum Gasteiger partial charge on any atom is 0.0951 e. The largest absolute Gasteiger partial charge is 0.331 e. The molecular weight excluding hydrogens is 186 g/mol. The smallest absolute Gasteiger partial charge is 0.0951 e. The van der Waals surface area contributed by atoms with Crippen molar-refractivity contribution in [3.63, 3.8) is 0 Å². The van der Waals surface area contributed by atoms with Gasteiger partial charge in [0.25, 0.3) is 0 Å². The van der Waals surface area contributed by atoms with Gasteiger partial charge in [-0.3, -0.25) is 0 Å². The highest BCUT2D eigenvalue weighted by Crippen LogP contribution is 2.45. The summed E-state index contributed by atoms with van der Waals surface area (Å²) in [6.07, 6.45) is 6.65. The molecule has 0 radical (unpaired) electrons. The van der Waals surface area contributed by atoms with Gasteiger partial charge in [-0.15, -0.1) is 0 Å². The van der Waals surface area contributed by atoms with Crippen LogP contribution in [0.4, 0.5) is 0 Å². The van der Waals surface area contributed by atoms with Crippen molar-refractivity contribution in [3.8, 4) is 0 Å². The van der Waals surface area contributed by atoms with Crippen LogP contribution in [0, 0.1) is 5.92 Å². The zero-order chi connectivity index (χ0) is 10.5. The Kier molecular flexibility index (Phi) is 1.93. The molecule has 1 aliphatic heterocycles. The summed E-state index contributed by atoms with van der Waals surface area (Å²) in [5.74, 6) is 0.843. The van der Waals surface area contributed by atoms with Gasteiger partial charge in [0.2, 0.25) is 0 Å². The lowest BCUT2D eigenvalue weighted by Crippen LogP contribution is -2.27. The Balaban J connectivity index is 1.94. The Morgan fingerprint density at radius 2 is 2.40 bits per heavy atom. The molecule has 15 heavy (non-hydrogen) atoms. The van der Waals surface area contributed by atoms with E-state index in [0.29, 0.717) is 5.41 Å². The summed E-state index contributed by atoms with van der Waals surface area (Å²) in [5, 5.41) is 3.46. The van der Waals surface area contributed by atoms with Crippen LogP contribution in [-0.4, -0.2) is 22.6 Å². The quantitative estimate of drug-likeness (QED) is 0.796. The van der Waals surface area contributed by atoms with Gasteiger partial charge in [-0.1, -0.05) is 13.8 Å². The first-order valence-corrected chi connectivity index (χ1v) is 5.94. The van der Waals surface area contributed by atoms with Crippen molar-refractivity contribution in [2.24, 2.45) is 5.92 Å². The van der Waals surface area contributed by atoms with Crippen molar-refractivity contribution in [2.75, 3.05) is 13.1 Å². The molecule has 1 aromatic heterocycles. The van der Waals surface area contributed by atoms with E-state index in [2.05, 4.69) is 34.9 Å². The minimum Gasteiger partial charge on any atom is -0.331 e. The minimum absolute atomic E-state index is 0.304. The highest BCUT2D eigenvalue weighted by molar-refractivity contribution is 5.19. The Morgan fingerprint density at radius 3 is 3.00 bits per heavy atom. The number of hydrogen-bond donors (Lipinski definition) is 1.